The van der Waals surface area contributed by atoms with E-state index in [9.17, 15) is 43.3 Å². The first-order chi connectivity index (χ1) is 29.9. The van der Waals surface area contributed by atoms with E-state index in [4.69, 9.17) is 9.47 Å². The molecule has 0 aliphatic carbocycles. The lowest BCUT2D eigenvalue weighted by molar-refractivity contribution is -0.298. The average Bonchev–Trinajstić information content (AvgIpc) is 3.24. The summed E-state index contributed by atoms with van der Waals surface area (Å²) >= 11 is 0. The molecule has 62 heavy (non-hydrogen) atoms. The normalized spacial score (nSPS) is 21.3. The molecular weight excluding hydrogens is 815 g/mol. The summed E-state index contributed by atoms with van der Waals surface area (Å²) in [5, 5.41) is 55.2. The first-order valence-corrected chi connectivity index (χ1v) is 25.8. The summed E-state index contributed by atoms with van der Waals surface area (Å²) in [7, 11) is -5.12. The number of rotatable bonds is 41. The van der Waals surface area contributed by atoms with Crippen molar-refractivity contribution >= 4 is 16.3 Å². The molecule has 0 bridgehead atoms. The van der Waals surface area contributed by atoms with Gasteiger partial charge < -0.3 is 40.3 Å². The van der Waals surface area contributed by atoms with Crippen molar-refractivity contribution in [2.75, 3.05) is 13.2 Å². The van der Waals surface area contributed by atoms with Crippen LogP contribution < -0.4 is 5.32 Å². The second-order valence-electron chi connectivity index (χ2n) is 17.2. The molecule has 1 rings (SSSR count). The molecule has 364 valence electrons. The summed E-state index contributed by atoms with van der Waals surface area (Å²) in [6, 6.07) is -1.14. The van der Waals surface area contributed by atoms with Gasteiger partial charge >= 0.3 is 10.4 Å². The van der Waals surface area contributed by atoms with Gasteiger partial charge in [-0.25, -0.2) is 4.18 Å². The molecule has 1 heterocycles. The molecule has 0 aromatic carbocycles. The van der Waals surface area contributed by atoms with Crippen LogP contribution in [0, 0.1) is 0 Å². The minimum Gasteiger partial charge on any atom is -0.394 e. The van der Waals surface area contributed by atoms with Crippen molar-refractivity contribution in [1.82, 2.24) is 5.32 Å². The highest BCUT2D eigenvalue weighted by atomic mass is 32.3. The Morgan fingerprint density at radius 1 is 0.645 bits per heavy atom. The number of aliphatic hydroxyl groups excluding tert-OH is 5. The van der Waals surface area contributed by atoms with Gasteiger partial charge in [-0.3, -0.25) is 9.35 Å². The maximum Gasteiger partial charge on any atom is 0.397 e. The van der Waals surface area contributed by atoms with Crippen molar-refractivity contribution in [3.8, 4) is 0 Å². The monoisotopic (exact) mass is 904 g/mol. The maximum atomic E-state index is 13.1. The molecule has 13 nitrogen and oxygen atoms in total. The van der Waals surface area contributed by atoms with Crippen molar-refractivity contribution in [2.45, 2.75) is 249 Å². The molecule has 0 aromatic rings. The smallest absolute Gasteiger partial charge is 0.394 e. The zero-order chi connectivity index (χ0) is 45.7. The number of amides is 1. The van der Waals surface area contributed by atoms with E-state index in [1.165, 1.54) is 128 Å². The number of hydrogen-bond donors (Lipinski definition) is 7. The highest BCUT2D eigenvalue weighted by Gasteiger charge is 2.48. The molecule has 8 atom stereocenters. The van der Waals surface area contributed by atoms with Gasteiger partial charge in [-0.05, 0) is 44.9 Å². The molecule has 0 aromatic heterocycles. The largest absolute Gasteiger partial charge is 0.397 e. The minimum absolute atomic E-state index is 0.236. The van der Waals surface area contributed by atoms with Crippen LogP contribution in [0.4, 0.5) is 0 Å². The Morgan fingerprint density at radius 3 is 1.55 bits per heavy atom. The Balaban J connectivity index is 2.58. The lowest BCUT2D eigenvalue weighted by Crippen LogP contribution is -2.61. The molecule has 0 radical (unpaired) electrons. The van der Waals surface area contributed by atoms with Gasteiger partial charge in [-0.1, -0.05) is 192 Å². The lowest BCUT2D eigenvalue weighted by atomic mass is 9.99. The van der Waals surface area contributed by atoms with E-state index in [1.54, 1.807) is 6.08 Å². The number of carbonyl (C=O) groups is 1. The Bertz CT molecular complexity index is 1260. The van der Waals surface area contributed by atoms with Crippen LogP contribution in [0.3, 0.4) is 0 Å². The summed E-state index contributed by atoms with van der Waals surface area (Å²) < 4.78 is 47.5. The molecule has 0 spiro atoms. The molecule has 14 heteroatoms. The van der Waals surface area contributed by atoms with Crippen molar-refractivity contribution < 1.29 is 57.0 Å². The van der Waals surface area contributed by atoms with E-state index in [-0.39, 0.29) is 6.42 Å². The Hall–Kier alpha value is -1.72. The van der Waals surface area contributed by atoms with Crippen LogP contribution >= 0.6 is 0 Å². The number of ether oxygens (including phenoxy) is 2. The predicted octanol–water partition coefficient (Wildman–Crippen LogP) is 8.86. The van der Waals surface area contributed by atoms with Gasteiger partial charge in [0.05, 0.1) is 25.4 Å². The van der Waals surface area contributed by atoms with Gasteiger partial charge in [0.25, 0.3) is 0 Å². The molecule has 1 fully saturated rings. The molecule has 1 amide bonds. The molecule has 8 unspecified atom stereocenters. The Morgan fingerprint density at radius 2 is 1.08 bits per heavy atom. The van der Waals surface area contributed by atoms with Crippen molar-refractivity contribution in [2.24, 2.45) is 0 Å². The summed E-state index contributed by atoms with van der Waals surface area (Å²) in [4.78, 5) is 13.1. The van der Waals surface area contributed by atoms with Crippen molar-refractivity contribution in [1.29, 1.82) is 0 Å². The third-order valence-electron chi connectivity index (χ3n) is 11.5. The van der Waals surface area contributed by atoms with Crippen LogP contribution in [0.5, 0.6) is 0 Å². The molecule has 1 aliphatic rings. The number of hydrogen-bond acceptors (Lipinski definition) is 11. The third kappa shape index (κ3) is 30.4. The van der Waals surface area contributed by atoms with E-state index in [0.717, 1.165) is 44.9 Å². The summed E-state index contributed by atoms with van der Waals surface area (Å²) in [6.45, 7) is 3.19. The highest BCUT2D eigenvalue weighted by Crippen LogP contribution is 2.26. The summed E-state index contributed by atoms with van der Waals surface area (Å²) in [5.41, 5.74) is 0. The number of carbonyl (C=O) groups excluding carboxylic acids is 1. The zero-order valence-corrected chi connectivity index (χ0v) is 39.4. The fourth-order valence-electron chi connectivity index (χ4n) is 7.61. The molecule has 0 saturated carbocycles. The Kier molecular flexibility index (Phi) is 36.2. The first-order valence-electron chi connectivity index (χ1n) is 24.5. The van der Waals surface area contributed by atoms with E-state index in [1.807, 2.05) is 0 Å². The van der Waals surface area contributed by atoms with Crippen LogP contribution in [0.15, 0.2) is 36.5 Å². The average molecular weight is 904 g/mol. The second kappa shape index (κ2) is 38.5. The van der Waals surface area contributed by atoms with Crippen molar-refractivity contribution in [3.63, 3.8) is 0 Å². The van der Waals surface area contributed by atoms with E-state index in [2.05, 4.69) is 47.7 Å². The van der Waals surface area contributed by atoms with Gasteiger partial charge in [0.2, 0.25) is 5.91 Å². The van der Waals surface area contributed by atoms with Gasteiger partial charge in [0.1, 0.15) is 30.5 Å². The van der Waals surface area contributed by atoms with Gasteiger partial charge in [0, 0.05) is 0 Å². The van der Waals surface area contributed by atoms with Gasteiger partial charge in [-0.2, -0.15) is 8.42 Å². The standard InChI is InChI=1S/C48H89NO12S/c1-3-5-7-9-11-13-15-17-18-19-20-21-22-23-24-25-27-28-30-32-34-36-41(51)40(39-59-48-45(54)46(61-62(56,57)58)44(53)43(38-50)60-48)49-47(55)42(52)37-35-33-31-29-26-16-14-12-10-8-6-4-2/h22-23,27-28,34,36,40-46,48,50-54H,3-21,24-26,29-33,35,37-39H2,1-2H3,(H,49,55)(H,56,57,58)/b23-22+,28-27+,36-34+. The summed E-state index contributed by atoms with van der Waals surface area (Å²) in [6.07, 6.45) is 33.8. The number of nitrogens with one attached hydrogen (secondary N) is 1. The van der Waals surface area contributed by atoms with Crippen LogP contribution in [0.25, 0.3) is 0 Å². The first kappa shape index (κ1) is 58.3. The number of unbranched alkanes of at least 4 members (excludes halogenated alkanes) is 24. The van der Waals surface area contributed by atoms with Gasteiger partial charge in [0.15, 0.2) is 6.29 Å². The second-order valence-corrected chi connectivity index (χ2v) is 18.2. The van der Waals surface area contributed by atoms with Crippen LogP contribution in [-0.4, -0.2) is 107 Å². The van der Waals surface area contributed by atoms with Crippen LogP contribution in [-0.2, 0) is 28.9 Å². The molecule has 1 saturated heterocycles. The molecule has 1 aliphatic heterocycles. The molecular formula is C48H89NO12S. The maximum absolute atomic E-state index is 13.1. The number of aliphatic hydroxyl groups is 5. The summed E-state index contributed by atoms with van der Waals surface area (Å²) in [5.74, 6) is -0.716. The predicted molar refractivity (Wildman–Crippen MR) is 247 cm³/mol. The van der Waals surface area contributed by atoms with E-state index in [0.29, 0.717) is 12.8 Å². The van der Waals surface area contributed by atoms with E-state index >= 15 is 0 Å². The van der Waals surface area contributed by atoms with Gasteiger partial charge in [-0.15, -0.1) is 0 Å². The fourth-order valence-corrected chi connectivity index (χ4v) is 8.12. The van der Waals surface area contributed by atoms with Crippen LogP contribution in [0.1, 0.15) is 200 Å². The third-order valence-corrected chi connectivity index (χ3v) is 12.0. The highest BCUT2D eigenvalue weighted by molar-refractivity contribution is 7.80. The molecule has 7 N–H and O–H groups in total. The van der Waals surface area contributed by atoms with E-state index < -0.39 is 78.5 Å². The topological polar surface area (TPSA) is 212 Å². The zero-order valence-electron chi connectivity index (χ0n) is 38.5. The lowest BCUT2D eigenvalue weighted by Gasteiger charge is -2.41. The van der Waals surface area contributed by atoms with Crippen molar-refractivity contribution in [3.05, 3.63) is 36.5 Å². The Labute approximate surface area is 376 Å². The minimum atomic E-state index is -5.12. The fraction of sp³-hybridized carbons (Fsp3) is 0.854. The number of allylic oxidation sites excluding steroid dienone is 5. The SMILES string of the molecule is CCCCCCCCCCCCC/C=C/CC/C=C/CC/C=C/C(O)C(COC1OC(CO)C(O)C(OS(=O)(=O)O)C1O)NC(=O)C(O)CCCCCCCCCCCCCC. The quantitative estimate of drug-likeness (QED) is 0.0174. The van der Waals surface area contributed by atoms with Crippen LogP contribution in [0.2, 0.25) is 0 Å².